The number of nitrogens with zero attached hydrogens (tertiary/aromatic N) is 2. The highest BCUT2D eigenvalue weighted by Crippen LogP contribution is 2.58. The second kappa shape index (κ2) is 9.65. The molecule has 206 valence electrons. The number of rotatable bonds is 4. The first-order valence-corrected chi connectivity index (χ1v) is 15.1. The highest BCUT2D eigenvalue weighted by Gasteiger charge is 2.46. The average molecular weight is 561 g/mol. The fourth-order valence-corrected chi connectivity index (χ4v) is 7.55. The molecule has 8 aromatic rings. The van der Waals surface area contributed by atoms with Crippen LogP contribution in [0.4, 0.5) is 0 Å². The van der Waals surface area contributed by atoms with Crippen LogP contribution in [0.25, 0.3) is 49.7 Å². The van der Waals surface area contributed by atoms with Gasteiger partial charge in [0.1, 0.15) is 5.82 Å². The van der Waals surface area contributed by atoms with Crippen LogP contribution in [0.1, 0.15) is 22.3 Å². The molecule has 2 heteroatoms. The smallest absolute Gasteiger partial charge is 0.145 e. The van der Waals surface area contributed by atoms with Gasteiger partial charge >= 0.3 is 0 Å². The van der Waals surface area contributed by atoms with Gasteiger partial charge in [-0.05, 0) is 44.8 Å². The fourth-order valence-electron chi connectivity index (χ4n) is 7.55. The lowest BCUT2D eigenvalue weighted by molar-refractivity contribution is 0.769. The van der Waals surface area contributed by atoms with Crippen molar-refractivity contribution in [2.75, 3.05) is 0 Å². The van der Waals surface area contributed by atoms with Gasteiger partial charge in [0, 0.05) is 34.3 Å². The normalized spacial score (nSPS) is 13.2. The van der Waals surface area contributed by atoms with Crippen molar-refractivity contribution < 1.29 is 0 Å². The van der Waals surface area contributed by atoms with E-state index in [1.54, 1.807) is 0 Å². The average Bonchev–Trinajstić information content (AvgIpc) is 3.66. The Morgan fingerprint density at radius 3 is 1.82 bits per heavy atom. The number of hydrogen-bond donors (Lipinski definition) is 0. The molecule has 9 rings (SSSR count). The second-order valence-corrected chi connectivity index (χ2v) is 11.5. The third-order valence-electron chi connectivity index (χ3n) is 9.36. The first-order valence-electron chi connectivity index (χ1n) is 15.1. The van der Waals surface area contributed by atoms with Gasteiger partial charge in [-0.25, -0.2) is 4.98 Å². The first kappa shape index (κ1) is 24.8. The van der Waals surface area contributed by atoms with Crippen LogP contribution in [-0.2, 0) is 5.41 Å². The minimum absolute atomic E-state index is 0.440. The number of hydrogen-bond acceptors (Lipinski definition) is 1. The summed E-state index contributed by atoms with van der Waals surface area (Å²) in [5.74, 6) is 0.943. The minimum Gasteiger partial charge on any atom is -0.300 e. The van der Waals surface area contributed by atoms with E-state index >= 15 is 0 Å². The Kier molecular flexibility index (Phi) is 5.45. The van der Waals surface area contributed by atoms with E-state index < -0.39 is 5.41 Å². The molecule has 0 saturated heterocycles. The van der Waals surface area contributed by atoms with Crippen LogP contribution in [0.2, 0.25) is 0 Å². The third kappa shape index (κ3) is 3.40. The Bertz CT molecular complexity index is 2280. The summed E-state index contributed by atoms with van der Waals surface area (Å²) in [5, 5.41) is 3.53. The Hall–Kier alpha value is -5.73. The van der Waals surface area contributed by atoms with Crippen LogP contribution >= 0.6 is 0 Å². The van der Waals surface area contributed by atoms with Crippen LogP contribution in [-0.4, -0.2) is 9.55 Å². The highest BCUT2D eigenvalue weighted by atomic mass is 15.1. The van der Waals surface area contributed by atoms with Crippen LogP contribution in [0.3, 0.4) is 0 Å². The Balaban J connectivity index is 1.39. The fraction of sp³-hybridized carbons (Fsp3) is 0.0238. The molecule has 0 saturated carbocycles. The molecule has 2 heterocycles. The number of pyridine rings is 1. The van der Waals surface area contributed by atoms with Crippen molar-refractivity contribution in [1.29, 1.82) is 0 Å². The maximum atomic E-state index is 5.17. The Morgan fingerprint density at radius 2 is 1.09 bits per heavy atom. The van der Waals surface area contributed by atoms with Gasteiger partial charge in [-0.3, -0.25) is 0 Å². The van der Waals surface area contributed by atoms with E-state index in [9.17, 15) is 0 Å². The molecule has 0 amide bonds. The largest absolute Gasteiger partial charge is 0.300 e. The summed E-state index contributed by atoms with van der Waals surface area (Å²) < 4.78 is 2.31. The number of benzene rings is 6. The van der Waals surface area contributed by atoms with Crippen molar-refractivity contribution >= 4 is 21.7 Å². The van der Waals surface area contributed by atoms with E-state index in [-0.39, 0.29) is 0 Å². The van der Waals surface area contributed by atoms with Crippen molar-refractivity contribution in [2.24, 2.45) is 0 Å². The molecule has 0 spiro atoms. The van der Waals surface area contributed by atoms with Crippen molar-refractivity contribution in [3.63, 3.8) is 0 Å². The van der Waals surface area contributed by atoms with Gasteiger partial charge in [0.25, 0.3) is 0 Å². The maximum Gasteiger partial charge on any atom is 0.145 e. The summed E-state index contributed by atoms with van der Waals surface area (Å²) in [6, 6.07) is 57.0. The van der Waals surface area contributed by atoms with Crippen molar-refractivity contribution in [2.45, 2.75) is 5.41 Å². The molecular formula is C42H28N2. The van der Waals surface area contributed by atoms with E-state index in [1.807, 2.05) is 6.20 Å². The Morgan fingerprint density at radius 1 is 0.477 bits per heavy atom. The molecule has 44 heavy (non-hydrogen) atoms. The number of aromatic nitrogens is 2. The molecule has 0 atom stereocenters. The summed E-state index contributed by atoms with van der Waals surface area (Å²) in [4.78, 5) is 5.17. The molecule has 0 fully saturated rings. The van der Waals surface area contributed by atoms with Gasteiger partial charge in [-0.2, -0.15) is 0 Å². The molecule has 0 N–H and O–H groups in total. The monoisotopic (exact) mass is 560 g/mol. The van der Waals surface area contributed by atoms with Gasteiger partial charge < -0.3 is 4.57 Å². The Labute approximate surface area is 256 Å². The van der Waals surface area contributed by atoms with Crippen molar-refractivity contribution in [3.8, 4) is 28.1 Å². The molecule has 0 radical (unpaired) electrons. The predicted molar refractivity (Wildman–Crippen MR) is 181 cm³/mol. The van der Waals surface area contributed by atoms with E-state index in [0.717, 1.165) is 16.8 Å². The molecule has 2 aromatic heterocycles. The summed E-state index contributed by atoms with van der Waals surface area (Å²) in [6.45, 7) is 0. The first-order chi connectivity index (χ1) is 21.9. The molecule has 2 nitrogen and oxygen atoms in total. The topological polar surface area (TPSA) is 17.8 Å². The van der Waals surface area contributed by atoms with Crippen LogP contribution in [0.5, 0.6) is 0 Å². The zero-order chi connectivity index (χ0) is 29.1. The maximum absolute atomic E-state index is 5.17. The van der Waals surface area contributed by atoms with Gasteiger partial charge in [0.05, 0.1) is 10.9 Å². The summed E-state index contributed by atoms with van der Waals surface area (Å²) in [5.41, 5.74) is 10.8. The molecular weight excluding hydrogens is 532 g/mol. The summed E-state index contributed by atoms with van der Waals surface area (Å²) in [7, 11) is 0. The SMILES string of the molecule is c1ccc(-c2cnc(-n3ccc4ccc5c(c43)-c3ccccc3C5(c3ccccc3)c3ccccc3)c3ccccc23)cc1. The van der Waals surface area contributed by atoms with E-state index in [0.29, 0.717) is 0 Å². The van der Waals surface area contributed by atoms with E-state index in [4.69, 9.17) is 4.98 Å². The number of fused-ring (bicyclic) bond motifs is 6. The van der Waals surface area contributed by atoms with Crippen LogP contribution < -0.4 is 0 Å². The van der Waals surface area contributed by atoms with Crippen LogP contribution in [0.15, 0.2) is 170 Å². The lowest BCUT2D eigenvalue weighted by Crippen LogP contribution is -2.28. The molecule has 0 unspecified atom stereocenters. The highest BCUT2D eigenvalue weighted by molar-refractivity contribution is 6.05. The molecule has 1 aliphatic carbocycles. The summed E-state index contributed by atoms with van der Waals surface area (Å²) >= 11 is 0. The molecule has 1 aliphatic rings. The van der Waals surface area contributed by atoms with Gasteiger partial charge in [0.2, 0.25) is 0 Å². The zero-order valence-electron chi connectivity index (χ0n) is 24.1. The predicted octanol–water partition coefficient (Wildman–Crippen LogP) is 10.2. The van der Waals surface area contributed by atoms with Crippen LogP contribution in [0, 0.1) is 0 Å². The molecule has 0 bridgehead atoms. The van der Waals surface area contributed by atoms with Crippen molar-refractivity contribution in [1.82, 2.24) is 9.55 Å². The molecule has 6 aromatic carbocycles. The van der Waals surface area contributed by atoms with Gasteiger partial charge in [-0.1, -0.05) is 152 Å². The van der Waals surface area contributed by atoms with E-state index in [1.165, 1.54) is 55.2 Å². The van der Waals surface area contributed by atoms with E-state index in [2.05, 4.69) is 168 Å². The second-order valence-electron chi connectivity index (χ2n) is 11.5. The summed E-state index contributed by atoms with van der Waals surface area (Å²) in [6.07, 6.45) is 4.23. The van der Waals surface area contributed by atoms with Crippen molar-refractivity contribution in [3.05, 3.63) is 192 Å². The lowest BCUT2D eigenvalue weighted by atomic mass is 9.67. The third-order valence-corrected chi connectivity index (χ3v) is 9.36. The van der Waals surface area contributed by atoms with Gasteiger partial charge in [-0.15, -0.1) is 0 Å². The molecule has 0 aliphatic heterocycles. The zero-order valence-corrected chi connectivity index (χ0v) is 24.1. The van der Waals surface area contributed by atoms with Gasteiger partial charge in [0.15, 0.2) is 0 Å². The minimum atomic E-state index is -0.440. The standard InChI is InChI=1S/C42H28N2/c1-4-14-29(15-5-1)36-28-43-41(34-21-11-10-20-33(34)36)44-27-26-30-24-25-38-39(40(30)44)35-22-12-13-23-37(35)42(38,31-16-6-2-7-17-31)32-18-8-3-9-19-32/h1-28H. The quantitative estimate of drug-likeness (QED) is 0.209. The lowest BCUT2D eigenvalue weighted by Gasteiger charge is -2.33.